The molecule has 2 unspecified atom stereocenters. The van der Waals surface area contributed by atoms with Crippen molar-refractivity contribution in [2.24, 2.45) is 0 Å². The highest BCUT2D eigenvalue weighted by atomic mass is 16.3. The van der Waals surface area contributed by atoms with Crippen LogP contribution in [0.3, 0.4) is 0 Å². The molecule has 2 atom stereocenters. The summed E-state index contributed by atoms with van der Waals surface area (Å²) >= 11 is 0. The SMILES string of the molecule is CCn1ncnc1CN1CCCCC1CC(C)O. The Morgan fingerprint density at radius 1 is 1.50 bits per heavy atom. The Morgan fingerprint density at radius 2 is 2.33 bits per heavy atom. The first-order chi connectivity index (χ1) is 8.70. The van der Waals surface area contributed by atoms with E-state index in [4.69, 9.17) is 0 Å². The summed E-state index contributed by atoms with van der Waals surface area (Å²) in [6.45, 7) is 6.78. The van der Waals surface area contributed by atoms with Gasteiger partial charge in [-0.3, -0.25) is 4.90 Å². The van der Waals surface area contributed by atoms with Gasteiger partial charge in [-0.15, -0.1) is 0 Å². The number of aromatic nitrogens is 3. The van der Waals surface area contributed by atoms with E-state index in [2.05, 4.69) is 21.9 Å². The standard InChI is InChI=1S/C13H24N4O/c1-3-17-13(14-10-15-17)9-16-7-5-4-6-12(16)8-11(2)18/h10-12,18H,3-9H2,1-2H3. The predicted molar refractivity (Wildman–Crippen MR) is 70.0 cm³/mol. The average molecular weight is 252 g/mol. The minimum absolute atomic E-state index is 0.223. The van der Waals surface area contributed by atoms with Gasteiger partial charge >= 0.3 is 0 Å². The van der Waals surface area contributed by atoms with Crippen molar-refractivity contribution in [2.45, 2.75) is 64.8 Å². The van der Waals surface area contributed by atoms with Crippen LogP contribution in [0.15, 0.2) is 6.33 Å². The molecular formula is C13H24N4O. The van der Waals surface area contributed by atoms with Crippen LogP contribution in [-0.2, 0) is 13.1 Å². The molecule has 2 rings (SSSR count). The summed E-state index contributed by atoms with van der Waals surface area (Å²) in [5, 5.41) is 13.8. The Hall–Kier alpha value is -0.940. The van der Waals surface area contributed by atoms with Crippen molar-refractivity contribution in [1.29, 1.82) is 0 Å². The van der Waals surface area contributed by atoms with Gasteiger partial charge in [0.15, 0.2) is 0 Å². The molecule has 102 valence electrons. The van der Waals surface area contributed by atoms with Gasteiger partial charge in [0.25, 0.3) is 0 Å². The quantitative estimate of drug-likeness (QED) is 0.861. The van der Waals surface area contributed by atoms with Crippen LogP contribution in [0.25, 0.3) is 0 Å². The van der Waals surface area contributed by atoms with Gasteiger partial charge in [-0.2, -0.15) is 5.10 Å². The fourth-order valence-corrected chi connectivity index (χ4v) is 2.79. The second kappa shape index (κ2) is 6.29. The van der Waals surface area contributed by atoms with Gasteiger partial charge in [0.05, 0.1) is 12.6 Å². The first-order valence-electron chi connectivity index (χ1n) is 6.99. The van der Waals surface area contributed by atoms with Gasteiger partial charge in [-0.1, -0.05) is 6.42 Å². The van der Waals surface area contributed by atoms with Crippen LogP contribution in [0.5, 0.6) is 0 Å². The van der Waals surface area contributed by atoms with Crippen molar-refractivity contribution in [2.75, 3.05) is 6.54 Å². The normalized spacial score (nSPS) is 23.2. The number of rotatable bonds is 5. The molecule has 1 aromatic rings. The lowest BCUT2D eigenvalue weighted by molar-refractivity contribution is 0.0789. The minimum atomic E-state index is -0.223. The van der Waals surface area contributed by atoms with E-state index in [-0.39, 0.29) is 6.10 Å². The number of aliphatic hydroxyl groups excluding tert-OH is 1. The van der Waals surface area contributed by atoms with E-state index in [9.17, 15) is 5.11 Å². The van der Waals surface area contributed by atoms with Gasteiger partial charge < -0.3 is 5.11 Å². The van der Waals surface area contributed by atoms with Gasteiger partial charge in [-0.25, -0.2) is 9.67 Å². The van der Waals surface area contributed by atoms with E-state index >= 15 is 0 Å². The van der Waals surface area contributed by atoms with Crippen LogP contribution in [0, 0.1) is 0 Å². The van der Waals surface area contributed by atoms with Crippen LogP contribution in [0.2, 0.25) is 0 Å². The summed E-state index contributed by atoms with van der Waals surface area (Å²) in [6.07, 6.45) is 5.97. The van der Waals surface area contributed by atoms with E-state index in [0.29, 0.717) is 6.04 Å². The highest BCUT2D eigenvalue weighted by Crippen LogP contribution is 2.22. The number of nitrogens with zero attached hydrogens (tertiary/aromatic N) is 4. The Bertz CT molecular complexity index is 364. The Kier molecular flexibility index (Phi) is 4.72. The molecule has 2 heterocycles. The zero-order valence-electron chi connectivity index (χ0n) is 11.4. The zero-order valence-corrected chi connectivity index (χ0v) is 11.4. The molecule has 1 aromatic heterocycles. The Balaban J connectivity index is 2.00. The average Bonchev–Trinajstić information content (AvgIpc) is 2.78. The highest BCUT2D eigenvalue weighted by Gasteiger charge is 2.24. The summed E-state index contributed by atoms with van der Waals surface area (Å²) in [5.74, 6) is 1.04. The molecule has 1 aliphatic heterocycles. The number of likely N-dealkylation sites (tertiary alicyclic amines) is 1. The van der Waals surface area contributed by atoms with Crippen LogP contribution in [0.1, 0.15) is 45.4 Å². The van der Waals surface area contributed by atoms with Crippen LogP contribution < -0.4 is 0 Å². The minimum Gasteiger partial charge on any atom is -0.393 e. The van der Waals surface area contributed by atoms with E-state index in [1.165, 1.54) is 19.3 Å². The van der Waals surface area contributed by atoms with Crippen molar-refractivity contribution in [1.82, 2.24) is 19.7 Å². The lowest BCUT2D eigenvalue weighted by Crippen LogP contribution is -2.41. The molecule has 1 N–H and O–H groups in total. The summed E-state index contributed by atoms with van der Waals surface area (Å²) < 4.78 is 1.95. The number of aryl methyl sites for hydroxylation is 1. The molecular weight excluding hydrogens is 228 g/mol. The maximum Gasteiger partial charge on any atom is 0.141 e. The molecule has 0 aromatic carbocycles. The van der Waals surface area contributed by atoms with E-state index in [1.54, 1.807) is 6.33 Å². The number of piperidine rings is 1. The van der Waals surface area contributed by atoms with Crippen molar-refractivity contribution in [3.63, 3.8) is 0 Å². The monoisotopic (exact) mass is 252 g/mol. The van der Waals surface area contributed by atoms with Crippen molar-refractivity contribution >= 4 is 0 Å². The molecule has 1 aliphatic rings. The first kappa shape index (κ1) is 13.5. The summed E-state index contributed by atoms with van der Waals surface area (Å²) in [6, 6.07) is 0.487. The van der Waals surface area contributed by atoms with Crippen LogP contribution in [-0.4, -0.2) is 43.5 Å². The second-order valence-electron chi connectivity index (χ2n) is 5.20. The zero-order chi connectivity index (χ0) is 13.0. The molecule has 5 heteroatoms. The fourth-order valence-electron chi connectivity index (χ4n) is 2.79. The summed E-state index contributed by atoms with van der Waals surface area (Å²) in [4.78, 5) is 6.79. The smallest absolute Gasteiger partial charge is 0.141 e. The maximum atomic E-state index is 9.59. The van der Waals surface area contributed by atoms with Gasteiger partial charge in [-0.05, 0) is 39.7 Å². The van der Waals surface area contributed by atoms with Crippen molar-refractivity contribution < 1.29 is 5.11 Å². The fraction of sp³-hybridized carbons (Fsp3) is 0.846. The molecule has 0 bridgehead atoms. The molecule has 5 nitrogen and oxygen atoms in total. The molecule has 0 saturated carbocycles. The third-order valence-electron chi connectivity index (χ3n) is 3.70. The summed E-state index contributed by atoms with van der Waals surface area (Å²) in [7, 11) is 0. The van der Waals surface area contributed by atoms with Crippen molar-refractivity contribution in [3.8, 4) is 0 Å². The van der Waals surface area contributed by atoms with E-state index < -0.39 is 0 Å². The lowest BCUT2D eigenvalue weighted by atomic mass is 9.97. The van der Waals surface area contributed by atoms with Crippen LogP contribution >= 0.6 is 0 Å². The number of hydrogen-bond donors (Lipinski definition) is 1. The topological polar surface area (TPSA) is 54.2 Å². The van der Waals surface area contributed by atoms with E-state index in [1.807, 2.05) is 11.6 Å². The number of hydrogen-bond acceptors (Lipinski definition) is 4. The van der Waals surface area contributed by atoms with Crippen LogP contribution in [0.4, 0.5) is 0 Å². The molecule has 0 radical (unpaired) electrons. The molecule has 1 fully saturated rings. The maximum absolute atomic E-state index is 9.59. The lowest BCUT2D eigenvalue weighted by Gasteiger charge is -2.36. The first-order valence-corrected chi connectivity index (χ1v) is 6.99. The van der Waals surface area contributed by atoms with Gasteiger partial charge in [0.1, 0.15) is 12.2 Å². The molecule has 1 saturated heterocycles. The van der Waals surface area contributed by atoms with Gasteiger partial charge in [0.2, 0.25) is 0 Å². The van der Waals surface area contributed by atoms with E-state index in [0.717, 1.165) is 31.9 Å². The molecule has 0 aliphatic carbocycles. The second-order valence-corrected chi connectivity index (χ2v) is 5.20. The predicted octanol–water partition coefficient (Wildman–Crippen LogP) is 1.42. The third kappa shape index (κ3) is 3.29. The highest BCUT2D eigenvalue weighted by molar-refractivity contribution is 4.88. The Labute approximate surface area is 109 Å². The molecule has 0 spiro atoms. The third-order valence-corrected chi connectivity index (χ3v) is 3.70. The van der Waals surface area contributed by atoms with Gasteiger partial charge in [0, 0.05) is 12.6 Å². The number of aliphatic hydroxyl groups is 1. The Morgan fingerprint density at radius 3 is 3.06 bits per heavy atom. The molecule has 18 heavy (non-hydrogen) atoms. The summed E-state index contributed by atoms with van der Waals surface area (Å²) in [5.41, 5.74) is 0. The molecule has 0 amide bonds. The van der Waals surface area contributed by atoms with Crippen molar-refractivity contribution in [3.05, 3.63) is 12.2 Å². The largest absolute Gasteiger partial charge is 0.393 e.